The van der Waals surface area contributed by atoms with E-state index < -0.39 is 10.0 Å². The Morgan fingerprint density at radius 2 is 1.78 bits per heavy atom. The molecular formula is C18H24N4O4S. The number of anilines is 2. The van der Waals surface area contributed by atoms with Crippen LogP contribution < -0.4 is 19.1 Å². The quantitative estimate of drug-likeness (QED) is 0.800. The van der Waals surface area contributed by atoms with Crippen LogP contribution in [0.25, 0.3) is 0 Å². The molecule has 1 aliphatic heterocycles. The fourth-order valence-corrected chi connectivity index (χ4v) is 4.07. The zero-order chi connectivity index (χ0) is 19.4. The fourth-order valence-electron chi connectivity index (χ4n) is 2.88. The number of piperazine rings is 1. The zero-order valence-corrected chi connectivity index (χ0v) is 16.5. The Balaban J connectivity index is 1.76. The van der Waals surface area contributed by atoms with E-state index in [0.29, 0.717) is 11.4 Å². The molecule has 3 rings (SSSR count). The number of pyridine rings is 1. The number of aromatic nitrogens is 1. The fraction of sp³-hybridized carbons (Fsp3) is 0.389. The summed E-state index contributed by atoms with van der Waals surface area (Å²) in [5, 5.41) is 0. The van der Waals surface area contributed by atoms with Gasteiger partial charge in [0.05, 0.1) is 26.1 Å². The second kappa shape index (κ2) is 8.01. The normalized spacial score (nSPS) is 15.4. The third kappa shape index (κ3) is 4.42. The van der Waals surface area contributed by atoms with E-state index in [1.54, 1.807) is 12.1 Å². The summed E-state index contributed by atoms with van der Waals surface area (Å²) < 4.78 is 38.3. The Labute approximate surface area is 159 Å². The molecule has 0 spiro atoms. The SMILES string of the molecule is COc1ccc(S(=O)(=O)Nc2ccc(N3CCN(C)CC3)nc2)c(OC)c1. The molecule has 0 atom stereocenters. The zero-order valence-electron chi connectivity index (χ0n) is 15.7. The topological polar surface area (TPSA) is 84.0 Å². The molecule has 0 radical (unpaired) electrons. The molecule has 8 nitrogen and oxygen atoms in total. The lowest BCUT2D eigenvalue weighted by Gasteiger charge is -2.33. The van der Waals surface area contributed by atoms with Gasteiger partial charge in [-0.2, -0.15) is 0 Å². The van der Waals surface area contributed by atoms with Gasteiger partial charge in [-0.25, -0.2) is 13.4 Å². The number of hydrogen-bond acceptors (Lipinski definition) is 7. The maximum Gasteiger partial charge on any atom is 0.265 e. The van der Waals surface area contributed by atoms with Crippen molar-refractivity contribution in [1.82, 2.24) is 9.88 Å². The van der Waals surface area contributed by atoms with Gasteiger partial charge in [-0.3, -0.25) is 4.72 Å². The lowest BCUT2D eigenvalue weighted by atomic mass is 10.3. The molecule has 1 saturated heterocycles. The standard InChI is InChI=1S/C18H24N4O4S/c1-21-8-10-22(11-9-21)18-7-4-14(13-19-18)20-27(23,24)17-6-5-15(25-2)12-16(17)26-3/h4-7,12-13,20H,8-11H2,1-3H3. The molecular weight excluding hydrogens is 368 g/mol. The average Bonchev–Trinajstić information content (AvgIpc) is 2.68. The van der Waals surface area contributed by atoms with Gasteiger partial charge in [0.25, 0.3) is 10.0 Å². The lowest BCUT2D eigenvalue weighted by Crippen LogP contribution is -2.44. The first-order valence-corrected chi connectivity index (χ1v) is 10.1. The summed E-state index contributed by atoms with van der Waals surface area (Å²) in [4.78, 5) is 8.89. The molecule has 0 aliphatic carbocycles. The van der Waals surface area contributed by atoms with Gasteiger partial charge < -0.3 is 19.3 Å². The number of benzene rings is 1. The predicted molar refractivity (Wildman–Crippen MR) is 104 cm³/mol. The number of sulfonamides is 1. The van der Waals surface area contributed by atoms with Gasteiger partial charge in [-0.05, 0) is 31.3 Å². The van der Waals surface area contributed by atoms with E-state index in [-0.39, 0.29) is 10.6 Å². The van der Waals surface area contributed by atoms with Crippen LogP contribution >= 0.6 is 0 Å². The van der Waals surface area contributed by atoms with Crippen LogP contribution in [0.3, 0.4) is 0 Å². The number of likely N-dealkylation sites (N-methyl/N-ethyl adjacent to an activating group) is 1. The molecule has 2 aromatic rings. The first-order chi connectivity index (χ1) is 12.9. The van der Waals surface area contributed by atoms with E-state index in [9.17, 15) is 8.42 Å². The van der Waals surface area contributed by atoms with Gasteiger partial charge in [-0.1, -0.05) is 0 Å². The molecule has 1 fully saturated rings. The van der Waals surface area contributed by atoms with Crippen LogP contribution in [0.5, 0.6) is 11.5 Å². The number of nitrogens with one attached hydrogen (secondary N) is 1. The highest BCUT2D eigenvalue weighted by Crippen LogP contribution is 2.30. The van der Waals surface area contributed by atoms with Crippen LogP contribution in [0.1, 0.15) is 0 Å². The smallest absolute Gasteiger partial charge is 0.265 e. The molecule has 146 valence electrons. The van der Waals surface area contributed by atoms with Gasteiger partial charge in [0, 0.05) is 32.2 Å². The summed E-state index contributed by atoms with van der Waals surface area (Å²) in [6.45, 7) is 3.76. The van der Waals surface area contributed by atoms with Gasteiger partial charge in [0.1, 0.15) is 22.2 Å². The Morgan fingerprint density at radius 1 is 1.04 bits per heavy atom. The van der Waals surface area contributed by atoms with Crippen molar-refractivity contribution in [3.8, 4) is 11.5 Å². The Morgan fingerprint density at radius 3 is 2.37 bits per heavy atom. The second-order valence-electron chi connectivity index (χ2n) is 6.32. The average molecular weight is 392 g/mol. The maximum absolute atomic E-state index is 12.7. The molecule has 27 heavy (non-hydrogen) atoms. The number of ether oxygens (including phenoxy) is 2. The van der Waals surface area contributed by atoms with E-state index in [1.165, 1.54) is 32.5 Å². The van der Waals surface area contributed by atoms with Crippen molar-refractivity contribution >= 4 is 21.5 Å². The second-order valence-corrected chi connectivity index (χ2v) is 7.97. The van der Waals surface area contributed by atoms with Crippen LogP contribution in [-0.2, 0) is 10.0 Å². The van der Waals surface area contributed by atoms with Crippen molar-refractivity contribution in [2.75, 3.05) is 57.1 Å². The Bertz CT molecular complexity index is 879. The van der Waals surface area contributed by atoms with E-state index >= 15 is 0 Å². The third-order valence-electron chi connectivity index (χ3n) is 4.49. The number of rotatable bonds is 6. The van der Waals surface area contributed by atoms with Crippen molar-refractivity contribution in [1.29, 1.82) is 0 Å². The van der Waals surface area contributed by atoms with E-state index in [2.05, 4.69) is 26.6 Å². The van der Waals surface area contributed by atoms with Crippen molar-refractivity contribution in [3.05, 3.63) is 36.5 Å². The first-order valence-electron chi connectivity index (χ1n) is 8.57. The molecule has 0 unspecified atom stereocenters. The van der Waals surface area contributed by atoms with Crippen LogP contribution in [0.4, 0.5) is 11.5 Å². The summed E-state index contributed by atoms with van der Waals surface area (Å²) in [6.07, 6.45) is 1.53. The lowest BCUT2D eigenvalue weighted by molar-refractivity contribution is 0.312. The minimum Gasteiger partial charge on any atom is -0.497 e. The Kier molecular flexibility index (Phi) is 5.71. The van der Waals surface area contributed by atoms with E-state index in [1.807, 2.05) is 6.07 Å². The van der Waals surface area contributed by atoms with Gasteiger partial charge in [0.15, 0.2) is 0 Å². The monoisotopic (exact) mass is 392 g/mol. The van der Waals surface area contributed by atoms with Crippen molar-refractivity contribution in [2.24, 2.45) is 0 Å². The third-order valence-corrected chi connectivity index (χ3v) is 5.91. The summed E-state index contributed by atoms with van der Waals surface area (Å²) in [6, 6.07) is 8.10. The summed E-state index contributed by atoms with van der Waals surface area (Å²) in [5.41, 5.74) is 0.394. The van der Waals surface area contributed by atoms with E-state index in [0.717, 1.165) is 32.0 Å². The summed E-state index contributed by atoms with van der Waals surface area (Å²) in [7, 11) is 1.20. The van der Waals surface area contributed by atoms with Crippen molar-refractivity contribution in [2.45, 2.75) is 4.90 Å². The molecule has 0 bridgehead atoms. The highest BCUT2D eigenvalue weighted by atomic mass is 32.2. The minimum absolute atomic E-state index is 0.0361. The Hall–Kier alpha value is -2.52. The molecule has 9 heteroatoms. The molecule has 0 amide bonds. The van der Waals surface area contributed by atoms with Crippen LogP contribution in [0, 0.1) is 0 Å². The van der Waals surface area contributed by atoms with Crippen LogP contribution in [0.2, 0.25) is 0 Å². The molecule has 0 saturated carbocycles. The highest BCUT2D eigenvalue weighted by Gasteiger charge is 2.21. The number of methoxy groups -OCH3 is 2. The molecule has 1 aromatic carbocycles. The summed E-state index contributed by atoms with van der Waals surface area (Å²) in [5.74, 6) is 1.57. The molecule has 2 heterocycles. The summed E-state index contributed by atoms with van der Waals surface area (Å²) >= 11 is 0. The van der Waals surface area contributed by atoms with Crippen LogP contribution in [0.15, 0.2) is 41.4 Å². The van der Waals surface area contributed by atoms with Crippen LogP contribution in [-0.4, -0.2) is 65.7 Å². The van der Waals surface area contributed by atoms with Gasteiger partial charge in [-0.15, -0.1) is 0 Å². The number of hydrogen-bond donors (Lipinski definition) is 1. The minimum atomic E-state index is -3.82. The predicted octanol–water partition coefficient (Wildman–Crippen LogP) is 1.65. The largest absolute Gasteiger partial charge is 0.497 e. The molecule has 1 aromatic heterocycles. The van der Waals surface area contributed by atoms with E-state index in [4.69, 9.17) is 9.47 Å². The molecule has 1 aliphatic rings. The number of nitrogens with zero attached hydrogens (tertiary/aromatic N) is 3. The van der Waals surface area contributed by atoms with Crippen molar-refractivity contribution < 1.29 is 17.9 Å². The maximum atomic E-state index is 12.7. The van der Waals surface area contributed by atoms with Crippen molar-refractivity contribution in [3.63, 3.8) is 0 Å². The first kappa shape index (κ1) is 19.2. The van der Waals surface area contributed by atoms with Gasteiger partial charge >= 0.3 is 0 Å². The molecule has 1 N–H and O–H groups in total. The highest BCUT2D eigenvalue weighted by molar-refractivity contribution is 7.92. The van der Waals surface area contributed by atoms with Gasteiger partial charge in [0.2, 0.25) is 0 Å².